The molecule has 0 aliphatic rings. The molecule has 1 rings (SSSR count). The second kappa shape index (κ2) is 5.35. The molecule has 1 heterocycles. The lowest BCUT2D eigenvalue weighted by molar-refractivity contribution is -0.386. The highest BCUT2D eigenvalue weighted by atomic mass is 19.4. The van der Waals surface area contributed by atoms with E-state index in [1.165, 1.54) is 0 Å². The first-order chi connectivity index (χ1) is 9.05. The quantitative estimate of drug-likeness (QED) is 0.524. The summed E-state index contributed by atoms with van der Waals surface area (Å²) in [5.74, 6) is -1.74. The summed E-state index contributed by atoms with van der Waals surface area (Å²) in [4.78, 5) is 22.4. The van der Waals surface area contributed by atoms with E-state index in [1.807, 2.05) is 0 Å². The zero-order chi connectivity index (χ0) is 15.7. The van der Waals surface area contributed by atoms with Crippen molar-refractivity contribution < 1.29 is 36.8 Å². The van der Waals surface area contributed by atoms with Crippen molar-refractivity contribution in [3.63, 3.8) is 0 Å². The van der Waals surface area contributed by atoms with E-state index in [4.69, 9.17) is 5.11 Å². The van der Waals surface area contributed by atoms with Crippen LogP contribution in [0.25, 0.3) is 0 Å². The number of nitro groups is 1. The molecule has 0 unspecified atom stereocenters. The van der Waals surface area contributed by atoms with Gasteiger partial charge < -0.3 is 5.11 Å². The number of carboxylic acids is 1. The van der Waals surface area contributed by atoms with Crippen LogP contribution in [0.5, 0.6) is 0 Å². The number of aromatic nitrogens is 1. The van der Waals surface area contributed by atoms with Gasteiger partial charge in [-0.25, -0.2) is 8.78 Å². The number of carboxylic acid groups (broad SMARTS) is 1. The van der Waals surface area contributed by atoms with Gasteiger partial charge in [-0.15, -0.1) is 0 Å². The number of nitrogens with zero attached hydrogens (tertiary/aromatic N) is 2. The van der Waals surface area contributed by atoms with Gasteiger partial charge in [-0.2, -0.15) is 13.2 Å². The van der Waals surface area contributed by atoms with Crippen molar-refractivity contribution in [2.45, 2.75) is 19.0 Å². The molecule has 0 bridgehead atoms. The molecule has 11 heteroatoms. The van der Waals surface area contributed by atoms with Crippen LogP contribution in [0, 0.1) is 10.1 Å². The number of halogens is 5. The summed E-state index contributed by atoms with van der Waals surface area (Å²) >= 11 is 0. The van der Waals surface area contributed by atoms with Crippen LogP contribution < -0.4 is 0 Å². The van der Waals surface area contributed by atoms with E-state index in [0.29, 0.717) is 0 Å². The molecule has 0 radical (unpaired) electrons. The Morgan fingerprint density at radius 3 is 2.35 bits per heavy atom. The number of carbonyl (C=O) groups is 1. The van der Waals surface area contributed by atoms with Crippen LogP contribution in [0.4, 0.5) is 27.6 Å². The standard InChI is InChI=1S/C9H5F5N2O4/c10-8(11)6-4(16(19)20)2-15-3(1-5(17)18)7(6)9(12,13)14/h2,8H,1H2,(H,17,18). The highest BCUT2D eigenvalue weighted by molar-refractivity contribution is 5.70. The van der Waals surface area contributed by atoms with E-state index in [9.17, 15) is 36.9 Å². The minimum Gasteiger partial charge on any atom is -0.481 e. The molecule has 0 aliphatic carbocycles. The van der Waals surface area contributed by atoms with Gasteiger partial charge in [-0.1, -0.05) is 0 Å². The number of alkyl halides is 5. The van der Waals surface area contributed by atoms with Gasteiger partial charge in [0.1, 0.15) is 11.8 Å². The SMILES string of the molecule is O=C(O)Cc1ncc([N+](=O)[O-])c(C(F)F)c1C(F)(F)F. The maximum absolute atomic E-state index is 12.8. The van der Waals surface area contributed by atoms with E-state index in [1.54, 1.807) is 0 Å². The van der Waals surface area contributed by atoms with Crippen LogP contribution in [0.15, 0.2) is 6.20 Å². The molecule has 1 aromatic heterocycles. The van der Waals surface area contributed by atoms with Crippen LogP contribution in [-0.4, -0.2) is 21.0 Å². The van der Waals surface area contributed by atoms with Crippen LogP contribution in [-0.2, 0) is 17.4 Å². The normalized spacial score (nSPS) is 11.7. The molecule has 0 aromatic carbocycles. The number of hydrogen-bond acceptors (Lipinski definition) is 4. The summed E-state index contributed by atoms with van der Waals surface area (Å²) in [7, 11) is 0. The fraction of sp³-hybridized carbons (Fsp3) is 0.333. The summed E-state index contributed by atoms with van der Waals surface area (Å²) in [6, 6.07) is 0. The molecule has 0 amide bonds. The molecule has 0 spiro atoms. The molecule has 0 saturated heterocycles. The van der Waals surface area contributed by atoms with Crippen molar-refractivity contribution in [2.24, 2.45) is 0 Å². The highest BCUT2D eigenvalue weighted by Crippen LogP contribution is 2.42. The minimum absolute atomic E-state index is 0.189. The molecule has 0 saturated carbocycles. The Morgan fingerprint density at radius 1 is 1.45 bits per heavy atom. The van der Waals surface area contributed by atoms with E-state index >= 15 is 0 Å². The largest absolute Gasteiger partial charge is 0.481 e. The Bertz CT molecular complexity index is 558. The minimum atomic E-state index is -5.39. The molecule has 1 N–H and O–H groups in total. The summed E-state index contributed by atoms with van der Waals surface area (Å²) in [6.45, 7) is 0. The summed E-state index contributed by atoms with van der Waals surface area (Å²) in [5.41, 5.74) is -6.68. The predicted molar refractivity (Wildman–Crippen MR) is 52.2 cm³/mol. The smallest absolute Gasteiger partial charge is 0.418 e. The summed E-state index contributed by atoms with van der Waals surface area (Å²) in [6.07, 6.45) is -10.3. The summed E-state index contributed by atoms with van der Waals surface area (Å²) in [5, 5.41) is 18.9. The van der Waals surface area contributed by atoms with Gasteiger partial charge in [0.25, 0.3) is 12.1 Å². The van der Waals surface area contributed by atoms with Gasteiger partial charge in [0.05, 0.1) is 22.6 Å². The van der Waals surface area contributed by atoms with Gasteiger partial charge in [0.2, 0.25) is 0 Å². The van der Waals surface area contributed by atoms with E-state index in [0.717, 1.165) is 0 Å². The van der Waals surface area contributed by atoms with Crippen molar-refractivity contribution >= 4 is 11.7 Å². The van der Waals surface area contributed by atoms with Gasteiger partial charge in [0.15, 0.2) is 0 Å². The monoisotopic (exact) mass is 300 g/mol. The fourth-order valence-corrected chi connectivity index (χ4v) is 1.52. The molecule has 0 fully saturated rings. The molecule has 6 nitrogen and oxygen atoms in total. The van der Waals surface area contributed by atoms with Gasteiger partial charge in [0, 0.05) is 0 Å². The molecule has 20 heavy (non-hydrogen) atoms. The maximum atomic E-state index is 12.8. The highest BCUT2D eigenvalue weighted by Gasteiger charge is 2.43. The van der Waals surface area contributed by atoms with Gasteiger partial charge in [-0.3, -0.25) is 19.9 Å². The average molecular weight is 300 g/mol. The van der Waals surface area contributed by atoms with Crippen molar-refractivity contribution in [3.8, 4) is 0 Å². The Morgan fingerprint density at radius 2 is 2.00 bits per heavy atom. The molecular formula is C9H5F5N2O4. The second-order valence-electron chi connectivity index (χ2n) is 3.50. The zero-order valence-electron chi connectivity index (χ0n) is 9.32. The first-order valence-electron chi connectivity index (χ1n) is 4.79. The first-order valence-corrected chi connectivity index (χ1v) is 4.79. The second-order valence-corrected chi connectivity index (χ2v) is 3.50. The Labute approximate surface area is 107 Å². The van der Waals surface area contributed by atoms with Crippen LogP contribution in [0.1, 0.15) is 23.2 Å². The average Bonchev–Trinajstić information content (AvgIpc) is 2.25. The molecule has 0 aliphatic heterocycles. The Kier molecular flexibility index (Phi) is 4.20. The lowest BCUT2D eigenvalue weighted by Gasteiger charge is -2.15. The third kappa shape index (κ3) is 3.16. The Hall–Kier alpha value is -2.33. The maximum Gasteiger partial charge on any atom is 0.418 e. The fourth-order valence-electron chi connectivity index (χ4n) is 1.52. The van der Waals surface area contributed by atoms with Crippen LogP contribution in [0.2, 0.25) is 0 Å². The predicted octanol–water partition coefficient (Wildman–Crippen LogP) is 2.57. The lowest BCUT2D eigenvalue weighted by atomic mass is 10.0. The third-order valence-electron chi connectivity index (χ3n) is 2.19. The zero-order valence-corrected chi connectivity index (χ0v) is 9.32. The van der Waals surface area contributed by atoms with Crippen molar-refractivity contribution in [1.82, 2.24) is 4.98 Å². The van der Waals surface area contributed by atoms with Gasteiger partial charge >= 0.3 is 12.1 Å². The lowest BCUT2D eigenvalue weighted by Crippen LogP contribution is -2.18. The van der Waals surface area contributed by atoms with Crippen LogP contribution in [0.3, 0.4) is 0 Å². The van der Waals surface area contributed by atoms with E-state index in [-0.39, 0.29) is 6.20 Å². The number of rotatable bonds is 4. The van der Waals surface area contributed by atoms with Crippen molar-refractivity contribution in [1.29, 1.82) is 0 Å². The number of hydrogen-bond donors (Lipinski definition) is 1. The number of aliphatic carboxylic acids is 1. The van der Waals surface area contributed by atoms with Crippen molar-refractivity contribution in [2.75, 3.05) is 0 Å². The summed E-state index contributed by atoms with van der Waals surface area (Å²) < 4.78 is 63.8. The Balaban J connectivity index is 3.71. The number of pyridine rings is 1. The molecule has 1 aromatic rings. The molecule has 110 valence electrons. The van der Waals surface area contributed by atoms with Crippen molar-refractivity contribution in [3.05, 3.63) is 33.1 Å². The van der Waals surface area contributed by atoms with E-state index in [2.05, 4.69) is 4.98 Å². The first kappa shape index (κ1) is 15.7. The third-order valence-corrected chi connectivity index (χ3v) is 2.19. The van der Waals surface area contributed by atoms with Gasteiger partial charge in [-0.05, 0) is 0 Å². The molecular weight excluding hydrogens is 295 g/mol. The topological polar surface area (TPSA) is 93.3 Å². The van der Waals surface area contributed by atoms with E-state index < -0.39 is 52.4 Å². The van der Waals surface area contributed by atoms with Crippen LogP contribution >= 0.6 is 0 Å². The molecule has 0 atom stereocenters.